The van der Waals surface area contributed by atoms with Gasteiger partial charge in [0.1, 0.15) is 0 Å². The van der Waals surface area contributed by atoms with E-state index in [9.17, 15) is 5.11 Å². The van der Waals surface area contributed by atoms with Crippen LogP contribution in [0.15, 0.2) is 12.1 Å². The summed E-state index contributed by atoms with van der Waals surface area (Å²) in [4.78, 5) is 0. The van der Waals surface area contributed by atoms with Crippen LogP contribution in [0, 0.1) is 20.8 Å². The molecule has 0 N–H and O–H groups in total. The van der Waals surface area contributed by atoms with Gasteiger partial charge in [0.15, 0.2) is 0 Å². The van der Waals surface area contributed by atoms with Crippen molar-refractivity contribution in [2.45, 2.75) is 20.8 Å². The summed E-state index contributed by atoms with van der Waals surface area (Å²) in [5, 5.41) is 11.1. The maximum Gasteiger partial charge on any atom is -0.0398 e. The zero-order valence-corrected chi connectivity index (χ0v) is 6.56. The Labute approximate surface area is 61.3 Å². The van der Waals surface area contributed by atoms with Gasteiger partial charge in [-0.1, -0.05) is 28.8 Å². The molecular formula is C9H11O-. The van der Waals surface area contributed by atoms with Crippen LogP contribution >= 0.6 is 0 Å². The predicted molar refractivity (Wildman–Crippen MR) is 40.1 cm³/mol. The highest BCUT2D eigenvalue weighted by molar-refractivity contribution is 5.40. The first-order valence-electron chi connectivity index (χ1n) is 3.36. The Bertz CT molecular complexity index is 228. The van der Waals surface area contributed by atoms with Crippen LogP contribution in [-0.2, 0) is 0 Å². The molecule has 1 aromatic rings. The summed E-state index contributed by atoms with van der Waals surface area (Å²) in [6, 6.07) is 3.82. The molecule has 1 aromatic carbocycles. The number of rotatable bonds is 0. The lowest BCUT2D eigenvalue weighted by molar-refractivity contribution is -0.270. The highest BCUT2D eigenvalue weighted by Crippen LogP contribution is 2.18. The fourth-order valence-electron chi connectivity index (χ4n) is 1.17. The topological polar surface area (TPSA) is 23.1 Å². The summed E-state index contributed by atoms with van der Waals surface area (Å²) in [7, 11) is 0. The van der Waals surface area contributed by atoms with Crippen molar-refractivity contribution in [3.63, 3.8) is 0 Å². The third-order valence-electron chi connectivity index (χ3n) is 1.60. The average molecular weight is 135 g/mol. The first-order chi connectivity index (χ1) is 4.61. The normalized spacial score (nSPS) is 9.90. The molecule has 0 heterocycles. The van der Waals surface area contributed by atoms with Crippen molar-refractivity contribution in [1.82, 2.24) is 0 Å². The molecule has 0 spiro atoms. The molecule has 0 aliphatic carbocycles. The van der Waals surface area contributed by atoms with Gasteiger partial charge in [-0.2, -0.15) is 0 Å². The first-order valence-corrected chi connectivity index (χ1v) is 3.36. The van der Waals surface area contributed by atoms with Gasteiger partial charge >= 0.3 is 0 Å². The van der Waals surface area contributed by atoms with Crippen LogP contribution in [0.25, 0.3) is 0 Å². The fourth-order valence-corrected chi connectivity index (χ4v) is 1.17. The second-order valence-electron chi connectivity index (χ2n) is 2.73. The summed E-state index contributed by atoms with van der Waals surface area (Å²) in [6.07, 6.45) is 0. The second-order valence-corrected chi connectivity index (χ2v) is 2.73. The van der Waals surface area contributed by atoms with Crippen molar-refractivity contribution in [1.29, 1.82) is 0 Å². The first kappa shape index (κ1) is 7.13. The molecule has 0 atom stereocenters. The Balaban J connectivity index is 3.31. The van der Waals surface area contributed by atoms with E-state index in [1.807, 2.05) is 32.9 Å². The van der Waals surface area contributed by atoms with Crippen LogP contribution in [0.3, 0.4) is 0 Å². The van der Waals surface area contributed by atoms with E-state index >= 15 is 0 Å². The van der Waals surface area contributed by atoms with Crippen LogP contribution in [0.5, 0.6) is 5.75 Å². The lowest BCUT2D eigenvalue weighted by Crippen LogP contribution is -1.96. The lowest BCUT2D eigenvalue weighted by Gasteiger charge is -2.14. The molecule has 1 rings (SSSR count). The van der Waals surface area contributed by atoms with Crippen molar-refractivity contribution >= 4 is 0 Å². The van der Waals surface area contributed by atoms with Crippen LogP contribution in [0.1, 0.15) is 16.7 Å². The van der Waals surface area contributed by atoms with Gasteiger partial charge in [0.25, 0.3) is 0 Å². The molecule has 1 heteroatoms. The minimum Gasteiger partial charge on any atom is -0.872 e. The summed E-state index contributed by atoms with van der Waals surface area (Å²) in [5.41, 5.74) is 2.85. The predicted octanol–water partition coefficient (Wildman–Crippen LogP) is 1.69. The van der Waals surface area contributed by atoms with E-state index in [0.717, 1.165) is 16.7 Å². The third-order valence-corrected chi connectivity index (χ3v) is 1.60. The Hall–Kier alpha value is -0.980. The van der Waals surface area contributed by atoms with Crippen molar-refractivity contribution in [3.8, 4) is 5.75 Å². The third kappa shape index (κ3) is 1.13. The highest BCUT2D eigenvalue weighted by Gasteiger charge is 1.91. The summed E-state index contributed by atoms with van der Waals surface area (Å²) in [6.45, 7) is 5.70. The molecule has 0 saturated heterocycles. The largest absolute Gasteiger partial charge is 0.872 e. The Morgan fingerprint density at radius 1 is 1.00 bits per heavy atom. The molecule has 0 bridgehead atoms. The molecule has 0 saturated carbocycles. The van der Waals surface area contributed by atoms with Gasteiger partial charge in [-0.15, -0.1) is 5.75 Å². The van der Waals surface area contributed by atoms with E-state index in [1.165, 1.54) is 0 Å². The SMILES string of the molecule is Cc1cc(C)c([O-])c(C)c1. The maximum absolute atomic E-state index is 11.1. The fraction of sp³-hybridized carbons (Fsp3) is 0.333. The highest BCUT2D eigenvalue weighted by atomic mass is 16.3. The Morgan fingerprint density at radius 2 is 1.40 bits per heavy atom. The van der Waals surface area contributed by atoms with Crippen molar-refractivity contribution in [3.05, 3.63) is 28.8 Å². The molecule has 10 heavy (non-hydrogen) atoms. The standard InChI is InChI=1S/C9H12O/c1-6-4-7(2)9(10)8(3)5-6/h4-5,10H,1-3H3/p-1. The smallest absolute Gasteiger partial charge is 0.0398 e. The number of hydrogen-bond acceptors (Lipinski definition) is 1. The number of aryl methyl sites for hydroxylation is 3. The van der Waals surface area contributed by atoms with Gasteiger partial charge in [-0.3, -0.25) is 0 Å². The molecule has 1 nitrogen and oxygen atoms in total. The van der Waals surface area contributed by atoms with Gasteiger partial charge in [0.2, 0.25) is 0 Å². The van der Waals surface area contributed by atoms with E-state index in [2.05, 4.69) is 0 Å². The molecule has 0 aliphatic rings. The monoisotopic (exact) mass is 135 g/mol. The van der Waals surface area contributed by atoms with Gasteiger partial charge in [0.05, 0.1) is 0 Å². The number of hydrogen-bond donors (Lipinski definition) is 0. The summed E-state index contributed by atoms with van der Waals surface area (Å²) in [5.74, 6) is 0.172. The molecule has 0 unspecified atom stereocenters. The van der Waals surface area contributed by atoms with Crippen molar-refractivity contribution in [2.24, 2.45) is 0 Å². The molecule has 0 aromatic heterocycles. The quantitative estimate of drug-likeness (QED) is 0.530. The number of benzene rings is 1. The van der Waals surface area contributed by atoms with Gasteiger partial charge < -0.3 is 5.11 Å². The summed E-state index contributed by atoms with van der Waals surface area (Å²) >= 11 is 0. The van der Waals surface area contributed by atoms with Crippen molar-refractivity contribution in [2.75, 3.05) is 0 Å². The average Bonchev–Trinajstić information content (AvgIpc) is 1.82. The molecule has 0 amide bonds. The molecule has 54 valence electrons. The second kappa shape index (κ2) is 2.33. The molecule has 0 fully saturated rings. The van der Waals surface area contributed by atoms with Crippen molar-refractivity contribution < 1.29 is 5.11 Å². The Kier molecular flexibility index (Phi) is 1.66. The van der Waals surface area contributed by atoms with E-state index in [1.54, 1.807) is 0 Å². The van der Waals surface area contributed by atoms with E-state index < -0.39 is 0 Å². The zero-order chi connectivity index (χ0) is 7.72. The van der Waals surface area contributed by atoms with E-state index in [0.29, 0.717) is 0 Å². The van der Waals surface area contributed by atoms with Crippen LogP contribution < -0.4 is 5.11 Å². The maximum atomic E-state index is 11.1. The molecule has 0 radical (unpaired) electrons. The van der Waals surface area contributed by atoms with Crippen LogP contribution in [-0.4, -0.2) is 0 Å². The van der Waals surface area contributed by atoms with Crippen LogP contribution in [0.4, 0.5) is 0 Å². The van der Waals surface area contributed by atoms with Gasteiger partial charge in [0, 0.05) is 0 Å². The van der Waals surface area contributed by atoms with Gasteiger partial charge in [-0.25, -0.2) is 0 Å². The van der Waals surface area contributed by atoms with E-state index in [4.69, 9.17) is 0 Å². The molecular weight excluding hydrogens is 124 g/mol. The minimum atomic E-state index is 0.172. The van der Waals surface area contributed by atoms with E-state index in [-0.39, 0.29) is 5.75 Å². The zero-order valence-electron chi connectivity index (χ0n) is 6.56. The van der Waals surface area contributed by atoms with Crippen LogP contribution in [0.2, 0.25) is 0 Å². The molecule has 0 aliphatic heterocycles. The lowest BCUT2D eigenvalue weighted by atomic mass is 10.1. The minimum absolute atomic E-state index is 0.172. The van der Waals surface area contributed by atoms with Gasteiger partial charge in [-0.05, 0) is 20.8 Å². The Morgan fingerprint density at radius 3 is 1.80 bits per heavy atom. The summed E-state index contributed by atoms with van der Waals surface area (Å²) < 4.78 is 0.